The van der Waals surface area contributed by atoms with Gasteiger partial charge in [0.1, 0.15) is 17.0 Å². The van der Waals surface area contributed by atoms with Crippen LogP contribution in [0.3, 0.4) is 0 Å². The molecular formula is C18H24N2O5. The van der Waals surface area contributed by atoms with Crippen LogP contribution in [0.15, 0.2) is 18.2 Å². The van der Waals surface area contributed by atoms with Crippen LogP contribution in [0.2, 0.25) is 0 Å². The Kier molecular flexibility index (Phi) is 4.85. The smallest absolute Gasteiger partial charge is 0.258 e. The first-order chi connectivity index (χ1) is 12.0. The number of hydrogen-bond donors (Lipinski definition) is 1. The van der Waals surface area contributed by atoms with E-state index in [1.54, 1.807) is 18.2 Å². The zero-order chi connectivity index (χ0) is 18.0. The summed E-state index contributed by atoms with van der Waals surface area (Å²) in [5, 5.41) is 0. The van der Waals surface area contributed by atoms with Crippen LogP contribution in [0, 0.1) is 0 Å². The fourth-order valence-electron chi connectivity index (χ4n) is 3.34. The predicted molar refractivity (Wildman–Crippen MR) is 90.7 cm³/mol. The Morgan fingerprint density at radius 3 is 2.68 bits per heavy atom. The Morgan fingerprint density at radius 2 is 2.08 bits per heavy atom. The number of primary amides is 1. The van der Waals surface area contributed by atoms with E-state index in [4.69, 9.17) is 19.9 Å². The van der Waals surface area contributed by atoms with Crippen molar-refractivity contribution in [3.8, 4) is 11.5 Å². The number of nitrogens with zero attached hydrogens (tertiary/aromatic N) is 1. The van der Waals surface area contributed by atoms with Gasteiger partial charge in [-0.1, -0.05) is 0 Å². The molecule has 0 spiro atoms. The number of hydrogen-bond acceptors (Lipinski definition) is 5. The third kappa shape index (κ3) is 3.28. The molecule has 1 aromatic rings. The van der Waals surface area contributed by atoms with E-state index in [-0.39, 0.29) is 18.6 Å². The number of likely N-dealkylation sites (tertiary alicyclic amines) is 1. The van der Waals surface area contributed by atoms with E-state index in [0.29, 0.717) is 36.4 Å². The minimum atomic E-state index is -1.11. The van der Waals surface area contributed by atoms with Crippen molar-refractivity contribution < 1.29 is 23.8 Å². The van der Waals surface area contributed by atoms with Crippen LogP contribution in [-0.2, 0) is 9.53 Å². The van der Waals surface area contributed by atoms with Gasteiger partial charge in [0.25, 0.3) is 5.91 Å². The maximum atomic E-state index is 13.1. The molecule has 1 aromatic carbocycles. The molecule has 1 aliphatic carbocycles. The van der Waals surface area contributed by atoms with Gasteiger partial charge in [-0.25, -0.2) is 0 Å². The molecule has 1 aliphatic heterocycles. The topological polar surface area (TPSA) is 91.1 Å². The summed E-state index contributed by atoms with van der Waals surface area (Å²) < 4.78 is 16.3. The van der Waals surface area contributed by atoms with Crippen molar-refractivity contribution in [3.05, 3.63) is 23.8 Å². The van der Waals surface area contributed by atoms with E-state index in [2.05, 4.69) is 0 Å². The van der Waals surface area contributed by atoms with Crippen molar-refractivity contribution in [2.24, 2.45) is 5.73 Å². The van der Waals surface area contributed by atoms with Crippen molar-refractivity contribution in [1.82, 2.24) is 4.90 Å². The lowest BCUT2D eigenvalue weighted by Gasteiger charge is -2.35. The highest BCUT2D eigenvalue weighted by atomic mass is 16.5. The van der Waals surface area contributed by atoms with Crippen LogP contribution < -0.4 is 15.2 Å². The Morgan fingerprint density at radius 1 is 1.32 bits per heavy atom. The summed E-state index contributed by atoms with van der Waals surface area (Å²) in [5.41, 5.74) is 4.89. The van der Waals surface area contributed by atoms with Crippen LogP contribution in [0.5, 0.6) is 11.5 Å². The van der Waals surface area contributed by atoms with Crippen LogP contribution in [0.25, 0.3) is 0 Å². The Balaban J connectivity index is 1.89. The van der Waals surface area contributed by atoms with Crippen LogP contribution in [-0.4, -0.2) is 55.7 Å². The van der Waals surface area contributed by atoms with Crippen molar-refractivity contribution >= 4 is 11.8 Å². The van der Waals surface area contributed by atoms with Crippen LogP contribution in [0.1, 0.15) is 36.0 Å². The number of carbonyl (C=O) groups is 2. The lowest BCUT2D eigenvalue weighted by Crippen LogP contribution is -2.58. The third-order valence-electron chi connectivity index (χ3n) is 4.81. The van der Waals surface area contributed by atoms with Crippen LogP contribution in [0.4, 0.5) is 0 Å². The molecule has 1 unspecified atom stereocenters. The largest absolute Gasteiger partial charge is 0.496 e. The number of nitrogens with two attached hydrogens (primary N) is 1. The summed E-state index contributed by atoms with van der Waals surface area (Å²) >= 11 is 0. The molecule has 1 saturated heterocycles. The van der Waals surface area contributed by atoms with Gasteiger partial charge in [0.15, 0.2) is 0 Å². The molecule has 1 heterocycles. The molecule has 0 aromatic heterocycles. The highest BCUT2D eigenvalue weighted by molar-refractivity contribution is 6.01. The quantitative estimate of drug-likeness (QED) is 0.803. The minimum absolute atomic E-state index is 0.0826. The standard InChI is InChI=1S/C18H24N2O5/c1-23-11-18(17(19)22)8-3-9-20(18)16(21)14-7-6-13(10-15(14)24-2)25-12-4-5-12/h6-7,10,12H,3-5,8-9,11H2,1-2H3,(H2,19,22). The number of methoxy groups -OCH3 is 2. The van der Waals surface area contributed by atoms with E-state index in [0.717, 1.165) is 12.8 Å². The lowest BCUT2D eigenvalue weighted by molar-refractivity contribution is -0.130. The number of amides is 2. The minimum Gasteiger partial charge on any atom is -0.496 e. The Labute approximate surface area is 147 Å². The molecular weight excluding hydrogens is 324 g/mol. The molecule has 2 amide bonds. The SMILES string of the molecule is COCC1(C(N)=O)CCCN1C(=O)c1ccc(OC2CC2)cc1OC. The summed E-state index contributed by atoms with van der Waals surface area (Å²) in [6, 6.07) is 5.14. The normalized spacial score (nSPS) is 22.7. The number of rotatable bonds is 7. The third-order valence-corrected chi connectivity index (χ3v) is 4.81. The summed E-state index contributed by atoms with van der Waals surface area (Å²) in [6.07, 6.45) is 3.55. The van der Waals surface area contributed by atoms with Gasteiger partial charge in [0.05, 0.1) is 25.4 Å². The molecule has 25 heavy (non-hydrogen) atoms. The maximum Gasteiger partial charge on any atom is 0.258 e. The average molecular weight is 348 g/mol. The van der Waals surface area contributed by atoms with Crippen molar-refractivity contribution in [1.29, 1.82) is 0 Å². The van der Waals surface area contributed by atoms with E-state index in [1.165, 1.54) is 19.1 Å². The van der Waals surface area contributed by atoms with Crippen molar-refractivity contribution in [3.63, 3.8) is 0 Å². The average Bonchev–Trinajstić information content (AvgIpc) is 3.31. The van der Waals surface area contributed by atoms with Gasteiger partial charge in [-0.15, -0.1) is 0 Å². The second-order valence-electron chi connectivity index (χ2n) is 6.57. The highest BCUT2D eigenvalue weighted by Gasteiger charge is 2.49. The van der Waals surface area contributed by atoms with E-state index in [9.17, 15) is 9.59 Å². The molecule has 1 saturated carbocycles. The molecule has 2 fully saturated rings. The molecule has 136 valence electrons. The van der Waals surface area contributed by atoms with E-state index >= 15 is 0 Å². The van der Waals surface area contributed by atoms with Gasteiger partial charge in [-0.2, -0.15) is 0 Å². The highest BCUT2D eigenvalue weighted by Crippen LogP contribution is 2.35. The second kappa shape index (κ2) is 6.92. The van der Waals surface area contributed by atoms with Crippen molar-refractivity contribution in [2.45, 2.75) is 37.3 Å². The lowest BCUT2D eigenvalue weighted by atomic mass is 9.95. The fourth-order valence-corrected chi connectivity index (χ4v) is 3.34. The summed E-state index contributed by atoms with van der Waals surface area (Å²) in [6.45, 7) is 0.536. The van der Waals surface area contributed by atoms with Gasteiger partial charge in [-0.3, -0.25) is 9.59 Å². The van der Waals surface area contributed by atoms with Gasteiger partial charge in [0, 0.05) is 19.7 Å². The molecule has 7 nitrogen and oxygen atoms in total. The molecule has 2 N–H and O–H groups in total. The first-order valence-corrected chi connectivity index (χ1v) is 8.47. The number of ether oxygens (including phenoxy) is 3. The maximum absolute atomic E-state index is 13.1. The molecule has 2 aliphatic rings. The molecule has 7 heteroatoms. The summed E-state index contributed by atoms with van der Waals surface area (Å²) in [4.78, 5) is 26.7. The second-order valence-corrected chi connectivity index (χ2v) is 6.57. The summed E-state index contributed by atoms with van der Waals surface area (Å²) in [5.74, 6) is 0.261. The van der Waals surface area contributed by atoms with Crippen LogP contribution >= 0.6 is 0 Å². The van der Waals surface area contributed by atoms with E-state index < -0.39 is 11.4 Å². The molecule has 3 rings (SSSR count). The molecule has 0 radical (unpaired) electrons. The Hall–Kier alpha value is -2.28. The first-order valence-electron chi connectivity index (χ1n) is 8.47. The summed E-state index contributed by atoms with van der Waals surface area (Å²) in [7, 11) is 3.00. The zero-order valence-corrected chi connectivity index (χ0v) is 14.6. The van der Waals surface area contributed by atoms with E-state index in [1.807, 2.05) is 0 Å². The monoisotopic (exact) mass is 348 g/mol. The van der Waals surface area contributed by atoms with Gasteiger partial charge in [0.2, 0.25) is 5.91 Å². The van der Waals surface area contributed by atoms with Gasteiger partial charge in [-0.05, 0) is 37.8 Å². The number of carbonyl (C=O) groups excluding carboxylic acids is 2. The van der Waals surface area contributed by atoms with Gasteiger partial charge >= 0.3 is 0 Å². The Bertz CT molecular complexity index is 673. The molecule has 1 atom stereocenters. The molecule has 0 bridgehead atoms. The zero-order valence-electron chi connectivity index (χ0n) is 14.6. The fraction of sp³-hybridized carbons (Fsp3) is 0.556. The van der Waals surface area contributed by atoms with Crippen molar-refractivity contribution in [2.75, 3.05) is 27.4 Å². The predicted octanol–water partition coefficient (Wildman–Crippen LogP) is 1.34. The first kappa shape index (κ1) is 17.5. The van der Waals surface area contributed by atoms with Gasteiger partial charge < -0.3 is 24.8 Å². The number of benzene rings is 1.